The Morgan fingerprint density at radius 3 is 3.14 bits per heavy atom. The van der Waals surface area contributed by atoms with Crippen molar-refractivity contribution in [3.05, 3.63) is 12.2 Å². The second-order valence-corrected chi connectivity index (χ2v) is 5.29. The number of hydrogen-bond donors (Lipinski definition) is 1. The van der Waals surface area contributed by atoms with Gasteiger partial charge in [-0.05, 0) is 6.42 Å². The number of aryl methyl sites for hydroxylation is 1. The van der Waals surface area contributed by atoms with Crippen molar-refractivity contribution < 1.29 is 0 Å². The lowest BCUT2D eigenvalue weighted by atomic mass is 10.2. The van der Waals surface area contributed by atoms with Crippen LogP contribution in [0.25, 0.3) is 0 Å². The lowest BCUT2D eigenvalue weighted by Crippen LogP contribution is -2.29. The minimum absolute atomic E-state index is 0.645. The highest BCUT2D eigenvalue weighted by Gasteiger charge is 2.21. The van der Waals surface area contributed by atoms with Crippen LogP contribution in [-0.2, 0) is 13.6 Å². The van der Waals surface area contributed by atoms with Crippen molar-refractivity contribution in [2.45, 2.75) is 31.2 Å². The molecule has 1 N–H and O–H groups in total. The number of hydrogen-bond acceptors (Lipinski definition) is 4. The van der Waals surface area contributed by atoms with Gasteiger partial charge >= 0.3 is 0 Å². The molecular weight excluding hydrogens is 196 g/mol. The van der Waals surface area contributed by atoms with E-state index in [2.05, 4.69) is 22.4 Å². The van der Waals surface area contributed by atoms with Crippen molar-refractivity contribution in [2.75, 3.05) is 5.75 Å². The first-order chi connectivity index (χ1) is 6.75. The highest BCUT2D eigenvalue weighted by Crippen LogP contribution is 2.25. The summed E-state index contributed by atoms with van der Waals surface area (Å²) in [6.45, 7) is 3.11. The maximum absolute atomic E-state index is 4.04. The summed E-state index contributed by atoms with van der Waals surface area (Å²) in [4.78, 5) is 0. The molecule has 4 nitrogen and oxygen atoms in total. The molecule has 0 aliphatic carbocycles. The van der Waals surface area contributed by atoms with Crippen LogP contribution in [0.4, 0.5) is 0 Å². The molecule has 0 bridgehead atoms. The molecule has 5 heteroatoms. The normalized spacial score (nSPS) is 27.0. The van der Waals surface area contributed by atoms with Crippen molar-refractivity contribution in [1.29, 1.82) is 0 Å². The van der Waals surface area contributed by atoms with E-state index >= 15 is 0 Å². The third kappa shape index (κ3) is 2.27. The van der Waals surface area contributed by atoms with Crippen molar-refractivity contribution in [3.63, 3.8) is 0 Å². The van der Waals surface area contributed by atoms with Gasteiger partial charge in [-0.2, -0.15) is 11.8 Å². The SMILES string of the molecule is CC1CC(NCc2nncn2C)CS1. The summed E-state index contributed by atoms with van der Waals surface area (Å²) in [7, 11) is 1.98. The quantitative estimate of drug-likeness (QED) is 0.805. The van der Waals surface area contributed by atoms with Crippen LogP contribution in [0.2, 0.25) is 0 Å². The molecule has 1 aromatic rings. The Balaban J connectivity index is 1.80. The Morgan fingerprint density at radius 2 is 2.57 bits per heavy atom. The van der Waals surface area contributed by atoms with Gasteiger partial charge in [0.15, 0.2) is 0 Å². The maximum atomic E-state index is 4.04. The van der Waals surface area contributed by atoms with Gasteiger partial charge in [0, 0.05) is 24.1 Å². The number of nitrogens with one attached hydrogen (secondary N) is 1. The molecule has 0 saturated carbocycles. The van der Waals surface area contributed by atoms with Crippen LogP contribution in [0.3, 0.4) is 0 Å². The first kappa shape index (κ1) is 9.98. The average Bonchev–Trinajstić information content (AvgIpc) is 2.72. The highest BCUT2D eigenvalue weighted by molar-refractivity contribution is 8.00. The van der Waals surface area contributed by atoms with Gasteiger partial charge in [0.2, 0.25) is 0 Å². The van der Waals surface area contributed by atoms with Gasteiger partial charge in [0.05, 0.1) is 6.54 Å². The molecule has 14 heavy (non-hydrogen) atoms. The maximum Gasteiger partial charge on any atom is 0.146 e. The molecule has 1 saturated heterocycles. The minimum atomic E-state index is 0.645. The Kier molecular flexibility index (Phi) is 3.08. The summed E-state index contributed by atoms with van der Waals surface area (Å²) in [6, 6.07) is 0.645. The van der Waals surface area contributed by atoms with E-state index in [4.69, 9.17) is 0 Å². The van der Waals surface area contributed by atoms with Crippen LogP contribution in [0, 0.1) is 0 Å². The fourth-order valence-electron chi connectivity index (χ4n) is 1.66. The van der Waals surface area contributed by atoms with E-state index in [0.29, 0.717) is 6.04 Å². The monoisotopic (exact) mass is 212 g/mol. The van der Waals surface area contributed by atoms with E-state index in [9.17, 15) is 0 Å². The molecule has 78 valence electrons. The number of aromatic nitrogens is 3. The second-order valence-electron chi connectivity index (χ2n) is 3.82. The largest absolute Gasteiger partial charge is 0.320 e. The van der Waals surface area contributed by atoms with E-state index < -0.39 is 0 Å². The predicted octanol–water partition coefficient (Wildman–Crippen LogP) is 0.799. The van der Waals surface area contributed by atoms with Gasteiger partial charge in [-0.15, -0.1) is 10.2 Å². The topological polar surface area (TPSA) is 42.7 Å². The van der Waals surface area contributed by atoms with Crippen molar-refractivity contribution in [2.24, 2.45) is 7.05 Å². The van der Waals surface area contributed by atoms with Crippen LogP contribution in [-0.4, -0.2) is 31.8 Å². The summed E-state index contributed by atoms with van der Waals surface area (Å²) >= 11 is 2.04. The lowest BCUT2D eigenvalue weighted by molar-refractivity contribution is 0.520. The van der Waals surface area contributed by atoms with Crippen LogP contribution in [0.1, 0.15) is 19.2 Å². The first-order valence-corrected chi connectivity index (χ1v) is 5.98. The molecule has 1 aliphatic rings. The van der Waals surface area contributed by atoms with E-state index in [-0.39, 0.29) is 0 Å². The molecule has 2 heterocycles. The smallest absolute Gasteiger partial charge is 0.146 e. The number of rotatable bonds is 3. The van der Waals surface area contributed by atoms with Crippen LogP contribution in [0.5, 0.6) is 0 Å². The zero-order valence-electron chi connectivity index (χ0n) is 8.60. The van der Waals surface area contributed by atoms with Gasteiger partial charge < -0.3 is 9.88 Å². The second kappa shape index (κ2) is 4.31. The fraction of sp³-hybridized carbons (Fsp3) is 0.778. The van der Waals surface area contributed by atoms with Crippen molar-refractivity contribution in [1.82, 2.24) is 20.1 Å². The van der Waals surface area contributed by atoms with Crippen molar-refractivity contribution in [3.8, 4) is 0 Å². The standard InChI is InChI=1S/C9H16N4S/c1-7-3-8(5-14-7)10-4-9-12-11-6-13(9)2/h6-8,10H,3-5H2,1-2H3. The molecule has 2 unspecified atom stereocenters. The molecule has 1 aromatic heterocycles. The molecule has 0 amide bonds. The van der Waals surface area contributed by atoms with Crippen LogP contribution in [0.15, 0.2) is 6.33 Å². The molecule has 1 fully saturated rings. The molecule has 0 spiro atoms. The summed E-state index contributed by atoms with van der Waals surface area (Å²) in [5, 5.41) is 12.2. The Labute approximate surface area is 88.5 Å². The molecule has 2 atom stereocenters. The third-order valence-electron chi connectivity index (χ3n) is 2.55. The fourth-order valence-corrected chi connectivity index (χ4v) is 2.85. The summed E-state index contributed by atoms with van der Waals surface area (Å²) < 4.78 is 1.96. The molecular formula is C9H16N4S. The lowest BCUT2D eigenvalue weighted by Gasteiger charge is -2.10. The van der Waals surface area contributed by atoms with Gasteiger partial charge in [-0.3, -0.25) is 0 Å². The van der Waals surface area contributed by atoms with Gasteiger partial charge in [-0.1, -0.05) is 6.92 Å². The van der Waals surface area contributed by atoms with Crippen LogP contribution < -0.4 is 5.32 Å². The van der Waals surface area contributed by atoms with Crippen LogP contribution >= 0.6 is 11.8 Å². The van der Waals surface area contributed by atoms with E-state index in [1.54, 1.807) is 6.33 Å². The average molecular weight is 212 g/mol. The first-order valence-electron chi connectivity index (χ1n) is 4.93. The molecule has 1 aliphatic heterocycles. The Morgan fingerprint density at radius 1 is 1.71 bits per heavy atom. The molecule has 2 rings (SSSR count). The predicted molar refractivity (Wildman–Crippen MR) is 58.2 cm³/mol. The van der Waals surface area contributed by atoms with Gasteiger partial charge in [0.1, 0.15) is 12.2 Å². The summed E-state index contributed by atoms with van der Waals surface area (Å²) in [5.74, 6) is 2.23. The summed E-state index contributed by atoms with van der Waals surface area (Å²) in [5.41, 5.74) is 0. The van der Waals surface area contributed by atoms with E-state index in [1.807, 2.05) is 23.4 Å². The molecule has 0 radical (unpaired) electrons. The number of nitrogens with zero attached hydrogens (tertiary/aromatic N) is 3. The van der Waals surface area contributed by atoms with E-state index in [0.717, 1.165) is 17.6 Å². The zero-order valence-corrected chi connectivity index (χ0v) is 9.42. The Hall–Kier alpha value is -0.550. The highest BCUT2D eigenvalue weighted by atomic mass is 32.2. The number of thioether (sulfide) groups is 1. The van der Waals surface area contributed by atoms with E-state index in [1.165, 1.54) is 12.2 Å². The third-order valence-corrected chi connectivity index (χ3v) is 3.91. The Bertz CT molecular complexity index is 299. The molecule has 0 aromatic carbocycles. The van der Waals surface area contributed by atoms with Crippen molar-refractivity contribution >= 4 is 11.8 Å². The summed E-state index contributed by atoms with van der Waals surface area (Å²) in [6.07, 6.45) is 3.01. The zero-order chi connectivity index (χ0) is 9.97. The minimum Gasteiger partial charge on any atom is -0.320 e. The van der Waals surface area contributed by atoms with Gasteiger partial charge in [0.25, 0.3) is 0 Å². The van der Waals surface area contributed by atoms with Gasteiger partial charge in [-0.25, -0.2) is 0 Å².